The van der Waals surface area contributed by atoms with Crippen LogP contribution in [0.1, 0.15) is 12.0 Å². The maximum atomic E-state index is 12.2. The number of carbonyl (C=O) groups excluding carboxylic acids is 1. The largest absolute Gasteiger partial charge is 0.534 e. The quantitative estimate of drug-likeness (QED) is 0.471. The lowest BCUT2D eigenvalue weighted by molar-refractivity contribution is -0.169. The number of alkyl halides is 6. The number of ether oxygens (including phenoxy) is 1. The molecule has 1 aliphatic heterocycles. The summed E-state index contributed by atoms with van der Waals surface area (Å²) in [5, 5.41) is 0. The fourth-order valence-corrected chi connectivity index (χ4v) is 2.09. The van der Waals surface area contributed by atoms with Crippen LogP contribution in [0.3, 0.4) is 0 Å². The zero-order chi connectivity index (χ0) is 19.5. The van der Waals surface area contributed by atoms with Crippen molar-refractivity contribution in [2.24, 2.45) is 5.73 Å². The molecular formula is C12H11F6NO5S. The number of rotatable bonds is 2. The highest BCUT2D eigenvalue weighted by Gasteiger charge is 2.48. The van der Waals surface area contributed by atoms with Crippen molar-refractivity contribution in [2.75, 3.05) is 6.61 Å². The fourth-order valence-electron chi connectivity index (χ4n) is 1.60. The molecule has 1 aliphatic rings. The van der Waals surface area contributed by atoms with Gasteiger partial charge >= 0.3 is 27.7 Å². The van der Waals surface area contributed by atoms with Crippen molar-refractivity contribution in [3.05, 3.63) is 23.8 Å². The van der Waals surface area contributed by atoms with Gasteiger partial charge in [0, 0.05) is 5.56 Å². The van der Waals surface area contributed by atoms with E-state index >= 15 is 0 Å². The molecule has 1 heterocycles. The molecule has 0 saturated carbocycles. The van der Waals surface area contributed by atoms with Gasteiger partial charge in [-0.25, -0.2) is 0 Å². The number of primary amides is 1. The number of amides is 1. The molecule has 6 nitrogen and oxygen atoms in total. The van der Waals surface area contributed by atoms with Crippen molar-refractivity contribution in [1.82, 2.24) is 0 Å². The fraction of sp³-hybridized carbons (Fsp3) is 0.417. The lowest BCUT2D eigenvalue weighted by atomic mass is 10.1. The van der Waals surface area contributed by atoms with E-state index < -0.39 is 27.7 Å². The molecule has 0 unspecified atom stereocenters. The van der Waals surface area contributed by atoms with E-state index in [4.69, 9.17) is 9.53 Å². The van der Waals surface area contributed by atoms with E-state index in [0.29, 0.717) is 30.8 Å². The van der Waals surface area contributed by atoms with E-state index in [2.05, 4.69) is 9.92 Å². The van der Waals surface area contributed by atoms with Gasteiger partial charge in [0.2, 0.25) is 0 Å². The third-order valence-electron chi connectivity index (χ3n) is 2.68. The van der Waals surface area contributed by atoms with Gasteiger partial charge in [0.05, 0.1) is 6.61 Å². The van der Waals surface area contributed by atoms with Gasteiger partial charge in [-0.1, -0.05) is 6.07 Å². The lowest BCUT2D eigenvalue weighted by Crippen LogP contribution is -2.30. The Morgan fingerprint density at radius 1 is 1.16 bits per heavy atom. The van der Waals surface area contributed by atoms with Gasteiger partial charge in [-0.15, -0.1) is 0 Å². The predicted octanol–water partition coefficient (Wildman–Crippen LogP) is 2.27. The Morgan fingerprint density at radius 3 is 2.20 bits per heavy atom. The Hall–Kier alpha value is -2.18. The minimum atomic E-state index is -5.64. The number of nitrogens with two attached hydrogens (primary N) is 1. The molecule has 2 rings (SSSR count). The Balaban J connectivity index is 0.000000381. The maximum absolute atomic E-state index is 12.2. The standard InChI is InChI=1S/C10H9F3O4S.C2H2F3NO/c11-10(12,13)18(14,15)17-9-5-1-4-8-7(9)3-2-6-16-8;3-2(4,5)1(6)7/h1,4-5H,2-3,6H2;(H2,6,7). The van der Waals surface area contributed by atoms with Crippen molar-refractivity contribution in [1.29, 1.82) is 0 Å². The Morgan fingerprint density at radius 2 is 1.72 bits per heavy atom. The van der Waals surface area contributed by atoms with Crippen LogP contribution in [-0.4, -0.2) is 32.6 Å². The number of carbonyl (C=O) groups is 1. The monoisotopic (exact) mass is 395 g/mol. The molecule has 2 N–H and O–H groups in total. The van der Waals surface area contributed by atoms with Gasteiger partial charge in [0.25, 0.3) is 0 Å². The summed E-state index contributed by atoms with van der Waals surface area (Å²) in [6.07, 6.45) is -3.85. The summed E-state index contributed by atoms with van der Waals surface area (Å²) in [5.41, 5.74) is -1.29. The first kappa shape index (κ1) is 20.9. The van der Waals surface area contributed by atoms with Crippen molar-refractivity contribution in [2.45, 2.75) is 24.5 Å². The highest BCUT2D eigenvalue weighted by Crippen LogP contribution is 2.35. The molecule has 142 valence electrons. The van der Waals surface area contributed by atoms with Gasteiger partial charge in [0.15, 0.2) is 0 Å². The first-order valence-corrected chi connectivity index (χ1v) is 7.78. The zero-order valence-electron chi connectivity index (χ0n) is 12.1. The predicted molar refractivity (Wildman–Crippen MR) is 71.1 cm³/mol. The third-order valence-corrected chi connectivity index (χ3v) is 3.65. The van der Waals surface area contributed by atoms with Gasteiger partial charge in [-0.3, -0.25) is 4.79 Å². The third kappa shape index (κ3) is 5.69. The van der Waals surface area contributed by atoms with E-state index in [1.165, 1.54) is 12.1 Å². The lowest BCUT2D eigenvalue weighted by Gasteiger charge is -2.20. The Kier molecular flexibility index (Phi) is 6.15. The summed E-state index contributed by atoms with van der Waals surface area (Å²) in [7, 11) is -5.64. The average Bonchev–Trinajstić information content (AvgIpc) is 2.46. The summed E-state index contributed by atoms with van der Waals surface area (Å²) >= 11 is 0. The highest BCUT2D eigenvalue weighted by molar-refractivity contribution is 7.88. The molecular weight excluding hydrogens is 384 g/mol. The summed E-state index contributed by atoms with van der Waals surface area (Å²) in [4.78, 5) is 9.12. The van der Waals surface area contributed by atoms with Gasteiger partial charge in [0.1, 0.15) is 11.5 Å². The van der Waals surface area contributed by atoms with E-state index in [1.807, 2.05) is 0 Å². The zero-order valence-corrected chi connectivity index (χ0v) is 13.0. The van der Waals surface area contributed by atoms with Crippen molar-refractivity contribution in [3.8, 4) is 11.5 Å². The van der Waals surface area contributed by atoms with Crippen LogP contribution in [0, 0.1) is 0 Å². The second-order valence-electron chi connectivity index (χ2n) is 4.53. The highest BCUT2D eigenvalue weighted by atomic mass is 32.2. The second-order valence-corrected chi connectivity index (χ2v) is 6.07. The number of hydrogen-bond acceptors (Lipinski definition) is 5. The van der Waals surface area contributed by atoms with E-state index in [-0.39, 0.29) is 5.75 Å². The van der Waals surface area contributed by atoms with Crippen molar-refractivity contribution < 1.29 is 48.5 Å². The van der Waals surface area contributed by atoms with Crippen LogP contribution in [0.15, 0.2) is 18.2 Å². The van der Waals surface area contributed by atoms with E-state index in [9.17, 15) is 34.8 Å². The second kappa shape index (κ2) is 7.37. The first-order valence-electron chi connectivity index (χ1n) is 6.38. The Labute approximate surface area is 137 Å². The average molecular weight is 395 g/mol. The molecule has 0 aromatic heterocycles. The Bertz CT molecular complexity index is 728. The number of halogens is 6. The molecule has 1 aromatic carbocycles. The summed E-state index contributed by atoms with van der Waals surface area (Å²) < 4.78 is 99.9. The van der Waals surface area contributed by atoms with Gasteiger partial charge < -0.3 is 14.7 Å². The van der Waals surface area contributed by atoms with Crippen LogP contribution in [-0.2, 0) is 21.3 Å². The molecule has 0 bridgehead atoms. The van der Waals surface area contributed by atoms with Crippen LogP contribution >= 0.6 is 0 Å². The molecule has 0 fully saturated rings. The minimum absolute atomic E-state index is 0.329. The van der Waals surface area contributed by atoms with Crippen molar-refractivity contribution in [3.63, 3.8) is 0 Å². The van der Waals surface area contributed by atoms with Gasteiger partial charge in [-0.05, 0) is 25.0 Å². The molecule has 0 spiro atoms. The molecule has 1 amide bonds. The smallest absolute Gasteiger partial charge is 0.493 e. The minimum Gasteiger partial charge on any atom is -0.493 e. The number of hydrogen-bond donors (Lipinski definition) is 1. The normalized spacial score (nSPS) is 14.5. The summed E-state index contributed by atoms with van der Waals surface area (Å²) in [6, 6.07) is 4.11. The molecule has 0 saturated heterocycles. The topological polar surface area (TPSA) is 95.7 Å². The van der Waals surface area contributed by atoms with Crippen LogP contribution in [0.4, 0.5) is 26.3 Å². The molecule has 0 aliphatic carbocycles. The van der Waals surface area contributed by atoms with Crippen LogP contribution in [0.2, 0.25) is 0 Å². The van der Waals surface area contributed by atoms with Crippen LogP contribution < -0.4 is 14.7 Å². The molecule has 0 atom stereocenters. The molecule has 13 heteroatoms. The van der Waals surface area contributed by atoms with Crippen LogP contribution in [0.25, 0.3) is 0 Å². The number of benzene rings is 1. The maximum Gasteiger partial charge on any atom is 0.534 e. The van der Waals surface area contributed by atoms with E-state index in [0.717, 1.165) is 0 Å². The summed E-state index contributed by atoms with van der Waals surface area (Å²) in [6.45, 7) is 0.447. The van der Waals surface area contributed by atoms with E-state index in [1.54, 1.807) is 6.07 Å². The molecule has 1 aromatic rings. The molecule has 25 heavy (non-hydrogen) atoms. The van der Waals surface area contributed by atoms with Crippen LogP contribution in [0.5, 0.6) is 11.5 Å². The number of fused-ring (bicyclic) bond motifs is 1. The summed E-state index contributed by atoms with van der Waals surface area (Å²) in [5.74, 6) is -2.23. The first-order chi connectivity index (χ1) is 11.3. The van der Waals surface area contributed by atoms with Crippen molar-refractivity contribution >= 4 is 16.0 Å². The van der Waals surface area contributed by atoms with Gasteiger partial charge in [-0.2, -0.15) is 34.8 Å². The molecule has 0 radical (unpaired) electrons. The SMILES string of the molecule is NC(=O)C(F)(F)F.O=S(=O)(Oc1cccc2c1CCCO2)C(F)(F)F.